The molecule has 1 amide bonds. The molecule has 1 aromatic carbocycles. The third kappa shape index (κ3) is 6.09. The van der Waals surface area contributed by atoms with Crippen LogP contribution in [0.2, 0.25) is 0 Å². The first kappa shape index (κ1) is 23.2. The van der Waals surface area contributed by atoms with Crippen molar-refractivity contribution in [2.75, 3.05) is 19.8 Å². The number of nitrogens with one attached hydrogen (secondary N) is 1. The van der Waals surface area contributed by atoms with Crippen molar-refractivity contribution < 1.29 is 31.9 Å². The van der Waals surface area contributed by atoms with Crippen LogP contribution >= 0.6 is 11.8 Å². The van der Waals surface area contributed by atoms with Gasteiger partial charge in [0, 0.05) is 24.2 Å². The first-order valence-electron chi connectivity index (χ1n) is 10.0. The number of nitrogens with zero attached hydrogens (tertiary/aromatic N) is 4. The summed E-state index contributed by atoms with van der Waals surface area (Å²) in [6.07, 6.45) is -2.38. The van der Waals surface area contributed by atoms with Gasteiger partial charge in [0.05, 0.1) is 17.7 Å². The lowest BCUT2D eigenvalue weighted by molar-refractivity contribution is -0.325. The van der Waals surface area contributed by atoms with Gasteiger partial charge in [-0.1, -0.05) is 23.3 Å². The highest BCUT2D eigenvalue weighted by molar-refractivity contribution is 6.13. The Kier molecular flexibility index (Phi) is 6.96. The predicted octanol–water partition coefficient (Wildman–Crippen LogP) is 3.62. The Morgan fingerprint density at radius 2 is 2.06 bits per heavy atom. The third-order valence-corrected chi connectivity index (χ3v) is 5.36. The number of ether oxygens (including phenoxy) is 2. The lowest BCUT2D eigenvalue weighted by atomic mass is 10.00. The van der Waals surface area contributed by atoms with Gasteiger partial charge in [-0.25, -0.2) is 4.42 Å². The maximum Gasteiger partial charge on any atom is 0.522 e. The van der Waals surface area contributed by atoms with E-state index in [1.54, 1.807) is 6.07 Å². The maximum atomic E-state index is 12.7. The quantitative estimate of drug-likeness (QED) is 0.400. The van der Waals surface area contributed by atoms with Crippen molar-refractivity contribution in [2.24, 2.45) is 0 Å². The lowest BCUT2D eigenvalue weighted by Gasteiger charge is -2.33. The standard InChI is InChI=1S/C20H19ClF3N5O4/c21-29-11-14(26-17(30)13-9-12-3-1-2-4-15(12)25-10-13)5-6-16(29)18-27-28-19(33-18)31-7-8-32-20(22,23)24/h1-4,9-10,14,16H,5-8,11H2,(H,26,30)/t14-,16+/m1/s1. The number of fused-ring (bicyclic) bond motifs is 1. The van der Waals surface area contributed by atoms with Crippen molar-refractivity contribution in [2.45, 2.75) is 31.3 Å². The fourth-order valence-corrected chi connectivity index (χ4v) is 3.80. The molecule has 176 valence electrons. The van der Waals surface area contributed by atoms with Gasteiger partial charge in [0.25, 0.3) is 5.91 Å². The lowest BCUT2D eigenvalue weighted by Crippen LogP contribution is -2.45. The number of halogens is 4. The first-order chi connectivity index (χ1) is 15.8. The Hall–Kier alpha value is -2.96. The molecule has 33 heavy (non-hydrogen) atoms. The number of aromatic nitrogens is 3. The number of alkyl halides is 3. The van der Waals surface area contributed by atoms with Gasteiger partial charge in [0.2, 0.25) is 5.89 Å². The molecule has 1 saturated heterocycles. The molecule has 2 atom stereocenters. The summed E-state index contributed by atoms with van der Waals surface area (Å²) in [4.78, 5) is 17.0. The summed E-state index contributed by atoms with van der Waals surface area (Å²) in [5, 5.41) is 11.3. The molecule has 0 aliphatic carbocycles. The molecule has 1 fully saturated rings. The van der Waals surface area contributed by atoms with Gasteiger partial charge in [-0.05, 0) is 36.8 Å². The molecule has 2 aromatic heterocycles. The van der Waals surface area contributed by atoms with Crippen molar-refractivity contribution in [3.05, 3.63) is 48.0 Å². The highest BCUT2D eigenvalue weighted by Gasteiger charge is 2.33. The second kappa shape index (κ2) is 9.89. The minimum absolute atomic E-state index is 0.167. The van der Waals surface area contributed by atoms with Crippen molar-refractivity contribution >= 4 is 28.6 Å². The van der Waals surface area contributed by atoms with Crippen molar-refractivity contribution in [3.63, 3.8) is 0 Å². The third-order valence-electron chi connectivity index (χ3n) is 4.99. The Balaban J connectivity index is 1.28. The SMILES string of the molecule is O=C(N[C@@H]1CC[C@@H](c2nnc(OCCOC(F)(F)F)o2)N(Cl)C1)c1cnc2ccccc2c1. The summed E-state index contributed by atoms with van der Waals surface area (Å²) in [7, 11) is 0. The van der Waals surface area contributed by atoms with E-state index >= 15 is 0 Å². The molecular weight excluding hydrogens is 467 g/mol. The molecule has 1 aliphatic rings. The van der Waals surface area contributed by atoms with E-state index in [-0.39, 0.29) is 23.9 Å². The number of carbonyl (C=O) groups is 1. The predicted molar refractivity (Wildman–Crippen MR) is 109 cm³/mol. The van der Waals surface area contributed by atoms with E-state index < -0.39 is 25.6 Å². The highest BCUT2D eigenvalue weighted by Crippen LogP contribution is 2.32. The number of piperidine rings is 1. The average Bonchev–Trinajstić information content (AvgIpc) is 3.24. The minimum atomic E-state index is -4.73. The molecule has 0 bridgehead atoms. The number of amides is 1. The largest absolute Gasteiger partial charge is 0.522 e. The minimum Gasteiger partial charge on any atom is -0.447 e. The number of para-hydroxylation sites is 1. The Bertz CT molecular complexity index is 1110. The van der Waals surface area contributed by atoms with E-state index in [0.29, 0.717) is 24.9 Å². The van der Waals surface area contributed by atoms with Crippen LogP contribution in [0.3, 0.4) is 0 Å². The zero-order valence-corrected chi connectivity index (χ0v) is 17.8. The van der Waals surface area contributed by atoms with E-state index in [1.165, 1.54) is 10.6 Å². The van der Waals surface area contributed by atoms with Crippen LogP contribution in [0.25, 0.3) is 10.9 Å². The van der Waals surface area contributed by atoms with Crippen LogP contribution in [0.1, 0.15) is 35.1 Å². The molecule has 3 aromatic rings. The molecule has 0 radical (unpaired) electrons. The topological polar surface area (TPSA) is 103 Å². The monoisotopic (exact) mass is 485 g/mol. The fourth-order valence-electron chi connectivity index (χ4n) is 3.45. The first-order valence-corrected chi connectivity index (χ1v) is 10.4. The Morgan fingerprint density at radius 3 is 2.85 bits per heavy atom. The Morgan fingerprint density at radius 1 is 1.24 bits per heavy atom. The van der Waals surface area contributed by atoms with Crippen LogP contribution in [0.4, 0.5) is 13.2 Å². The summed E-state index contributed by atoms with van der Waals surface area (Å²) < 4.78 is 51.3. The molecule has 0 unspecified atom stereocenters. The fraction of sp³-hybridized carbons (Fsp3) is 0.400. The van der Waals surface area contributed by atoms with Crippen molar-refractivity contribution in [3.8, 4) is 6.08 Å². The van der Waals surface area contributed by atoms with Crippen LogP contribution in [-0.2, 0) is 4.74 Å². The van der Waals surface area contributed by atoms with Gasteiger partial charge in [-0.2, -0.15) is 0 Å². The van der Waals surface area contributed by atoms with Crippen LogP contribution in [0, 0.1) is 0 Å². The normalized spacial score (nSPS) is 19.5. The molecular formula is C20H19ClF3N5O4. The zero-order chi connectivity index (χ0) is 23.4. The van der Waals surface area contributed by atoms with Crippen LogP contribution in [0.5, 0.6) is 6.08 Å². The second-order valence-corrected chi connectivity index (χ2v) is 7.75. The molecule has 9 nitrogen and oxygen atoms in total. The van der Waals surface area contributed by atoms with Crippen molar-refractivity contribution in [1.29, 1.82) is 0 Å². The van der Waals surface area contributed by atoms with Gasteiger partial charge in [-0.3, -0.25) is 14.5 Å². The summed E-state index contributed by atoms with van der Waals surface area (Å²) in [5.74, 6) is -0.0865. The smallest absolute Gasteiger partial charge is 0.447 e. The van der Waals surface area contributed by atoms with Gasteiger partial charge < -0.3 is 14.5 Å². The highest BCUT2D eigenvalue weighted by atomic mass is 35.5. The van der Waals surface area contributed by atoms with Gasteiger partial charge in [-0.15, -0.1) is 18.3 Å². The summed E-state index contributed by atoms with van der Waals surface area (Å²) in [6, 6.07) is 8.65. The number of carbonyl (C=O) groups excluding carboxylic acids is 1. The van der Waals surface area contributed by atoms with E-state index in [9.17, 15) is 18.0 Å². The van der Waals surface area contributed by atoms with Gasteiger partial charge >= 0.3 is 12.4 Å². The molecule has 0 saturated carbocycles. The molecule has 1 aliphatic heterocycles. The summed E-state index contributed by atoms with van der Waals surface area (Å²) in [6.45, 7) is -0.800. The van der Waals surface area contributed by atoms with E-state index in [2.05, 4.69) is 25.2 Å². The van der Waals surface area contributed by atoms with Crippen LogP contribution in [-0.4, -0.2) is 57.7 Å². The second-order valence-electron chi connectivity index (χ2n) is 7.31. The van der Waals surface area contributed by atoms with Crippen molar-refractivity contribution in [1.82, 2.24) is 24.9 Å². The van der Waals surface area contributed by atoms with Crippen LogP contribution < -0.4 is 10.1 Å². The van der Waals surface area contributed by atoms with Gasteiger partial charge in [0.1, 0.15) is 12.6 Å². The molecule has 13 heteroatoms. The number of hydrogen-bond acceptors (Lipinski definition) is 8. The summed E-state index contributed by atoms with van der Waals surface area (Å²) in [5.41, 5.74) is 1.25. The van der Waals surface area contributed by atoms with Crippen LogP contribution in [0.15, 0.2) is 40.9 Å². The average molecular weight is 486 g/mol. The molecule has 3 heterocycles. The molecule has 1 N–H and O–H groups in total. The molecule has 4 rings (SSSR count). The number of benzene rings is 1. The van der Waals surface area contributed by atoms with E-state index in [4.69, 9.17) is 20.9 Å². The molecule has 0 spiro atoms. The Labute approximate surface area is 190 Å². The summed E-state index contributed by atoms with van der Waals surface area (Å²) >= 11 is 6.36. The number of pyridine rings is 1. The number of rotatable bonds is 7. The van der Waals surface area contributed by atoms with E-state index in [1.807, 2.05) is 24.3 Å². The van der Waals surface area contributed by atoms with E-state index in [0.717, 1.165) is 10.9 Å². The number of hydrogen-bond donors (Lipinski definition) is 1. The maximum absolute atomic E-state index is 12.7. The zero-order valence-electron chi connectivity index (χ0n) is 17.1. The van der Waals surface area contributed by atoms with Gasteiger partial charge in [0.15, 0.2) is 0 Å².